The molecule has 0 atom stereocenters. The summed E-state index contributed by atoms with van der Waals surface area (Å²) in [4.78, 5) is 23.0. The second kappa shape index (κ2) is 3.72. The first-order valence-corrected chi connectivity index (χ1v) is 6.16. The molecule has 2 fully saturated rings. The van der Waals surface area contributed by atoms with Crippen molar-refractivity contribution in [2.75, 3.05) is 0 Å². The lowest BCUT2D eigenvalue weighted by Gasteiger charge is -2.28. The number of rotatable bonds is 3. The van der Waals surface area contributed by atoms with Crippen LogP contribution >= 0.6 is 0 Å². The van der Waals surface area contributed by atoms with Gasteiger partial charge in [-0.2, -0.15) is 0 Å². The van der Waals surface area contributed by atoms with Crippen LogP contribution in [0.3, 0.4) is 0 Å². The molecule has 4 nitrogen and oxygen atoms in total. The summed E-state index contributed by atoms with van der Waals surface area (Å²) in [6, 6.07) is 3.27. The fourth-order valence-electron chi connectivity index (χ4n) is 2.47. The minimum Gasteiger partial charge on any atom is -0.478 e. The molecule has 3 rings (SSSR count). The molecule has 1 heterocycles. The highest BCUT2D eigenvalue weighted by molar-refractivity contribution is 5.87. The van der Waals surface area contributed by atoms with Crippen LogP contribution in [0, 0.1) is 0 Å². The van der Waals surface area contributed by atoms with Crippen LogP contribution < -0.4 is 5.56 Å². The lowest BCUT2D eigenvalue weighted by Crippen LogP contribution is -2.27. The van der Waals surface area contributed by atoms with Crippen LogP contribution in [-0.2, 0) is 0 Å². The molecule has 0 bridgehead atoms. The molecule has 17 heavy (non-hydrogen) atoms. The Morgan fingerprint density at radius 1 is 1.24 bits per heavy atom. The first kappa shape index (κ1) is 10.6. The molecular weight excluding hydrogens is 218 g/mol. The molecular formula is C13H15NO3. The van der Waals surface area contributed by atoms with Crippen molar-refractivity contribution in [1.29, 1.82) is 0 Å². The predicted octanol–water partition coefficient (Wildman–Crippen LogP) is 2.15. The van der Waals surface area contributed by atoms with E-state index in [9.17, 15) is 9.59 Å². The molecule has 0 aromatic carbocycles. The third-order valence-corrected chi connectivity index (χ3v) is 3.78. The summed E-state index contributed by atoms with van der Waals surface area (Å²) in [5, 5.41) is 9.00. The number of nitrogens with zero attached hydrogens (tertiary/aromatic N) is 1. The molecule has 0 radical (unpaired) electrons. The van der Waals surface area contributed by atoms with Gasteiger partial charge in [0.05, 0.1) is 5.56 Å². The van der Waals surface area contributed by atoms with Gasteiger partial charge in [0.25, 0.3) is 5.56 Å². The summed E-state index contributed by atoms with van der Waals surface area (Å²) in [6.07, 6.45) is 5.43. The Morgan fingerprint density at radius 2 is 1.94 bits per heavy atom. The number of carboxylic acid groups (broad SMARTS) is 1. The van der Waals surface area contributed by atoms with Crippen molar-refractivity contribution in [1.82, 2.24) is 4.57 Å². The number of pyridine rings is 1. The van der Waals surface area contributed by atoms with Crippen LogP contribution in [0.15, 0.2) is 16.9 Å². The van der Waals surface area contributed by atoms with Crippen molar-refractivity contribution in [3.63, 3.8) is 0 Å². The Balaban J connectivity index is 2.12. The number of hydrogen-bond donors (Lipinski definition) is 1. The van der Waals surface area contributed by atoms with E-state index in [4.69, 9.17) is 5.11 Å². The van der Waals surface area contributed by atoms with Crippen molar-refractivity contribution in [3.8, 4) is 0 Å². The van der Waals surface area contributed by atoms with Gasteiger partial charge in [-0.3, -0.25) is 4.79 Å². The summed E-state index contributed by atoms with van der Waals surface area (Å²) in [6.45, 7) is 0. The van der Waals surface area contributed by atoms with Gasteiger partial charge in [0.15, 0.2) is 0 Å². The van der Waals surface area contributed by atoms with Crippen LogP contribution in [0.1, 0.15) is 60.1 Å². The Kier molecular flexibility index (Phi) is 2.31. The van der Waals surface area contributed by atoms with Crippen molar-refractivity contribution in [2.24, 2.45) is 0 Å². The number of carbonyl (C=O) groups is 1. The quantitative estimate of drug-likeness (QED) is 0.870. The maximum Gasteiger partial charge on any atom is 0.335 e. The average Bonchev–Trinajstić information content (AvgIpc) is 2.97. The standard InChI is InChI=1S/C13H15NO3/c15-12-7-9(13(16)17)6-11(8-2-1-3-8)14(12)10-4-5-10/h6-8,10H,1-5H2,(H,16,17). The molecule has 1 aromatic heterocycles. The lowest BCUT2D eigenvalue weighted by atomic mass is 9.82. The van der Waals surface area contributed by atoms with E-state index in [1.807, 2.05) is 4.57 Å². The van der Waals surface area contributed by atoms with E-state index in [1.165, 1.54) is 12.5 Å². The third-order valence-electron chi connectivity index (χ3n) is 3.78. The van der Waals surface area contributed by atoms with Crippen LogP contribution in [0.5, 0.6) is 0 Å². The minimum absolute atomic E-state index is 0.133. The second-order valence-corrected chi connectivity index (χ2v) is 5.04. The van der Waals surface area contributed by atoms with Crippen molar-refractivity contribution in [3.05, 3.63) is 33.7 Å². The lowest BCUT2D eigenvalue weighted by molar-refractivity contribution is 0.0696. The monoisotopic (exact) mass is 233 g/mol. The first-order chi connectivity index (χ1) is 8.16. The fraction of sp³-hybridized carbons (Fsp3) is 0.538. The van der Waals surface area contributed by atoms with Crippen LogP contribution in [0.2, 0.25) is 0 Å². The molecule has 2 aliphatic rings. The van der Waals surface area contributed by atoms with E-state index in [-0.39, 0.29) is 11.1 Å². The van der Waals surface area contributed by atoms with Gasteiger partial charge in [0.2, 0.25) is 0 Å². The normalized spacial score (nSPS) is 20.0. The highest BCUT2D eigenvalue weighted by Gasteiger charge is 2.31. The van der Waals surface area contributed by atoms with E-state index in [0.29, 0.717) is 12.0 Å². The summed E-state index contributed by atoms with van der Waals surface area (Å²) in [7, 11) is 0. The van der Waals surface area contributed by atoms with Gasteiger partial charge in [0.1, 0.15) is 0 Å². The molecule has 0 unspecified atom stereocenters. The molecule has 0 spiro atoms. The van der Waals surface area contributed by atoms with Crippen LogP contribution in [0.4, 0.5) is 0 Å². The molecule has 2 aliphatic carbocycles. The van der Waals surface area contributed by atoms with Crippen molar-refractivity contribution < 1.29 is 9.90 Å². The molecule has 0 amide bonds. The Morgan fingerprint density at radius 3 is 2.41 bits per heavy atom. The molecule has 0 aliphatic heterocycles. The molecule has 2 saturated carbocycles. The first-order valence-electron chi connectivity index (χ1n) is 6.16. The molecule has 1 N–H and O–H groups in total. The van der Waals surface area contributed by atoms with Crippen LogP contribution in [0.25, 0.3) is 0 Å². The Labute approximate surface area is 98.9 Å². The summed E-state index contributed by atoms with van der Waals surface area (Å²) >= 11 is 0. The van der Waals surface area contributed by atoms with Gasteiger partial charge in [-0.1, -0.05) is 6.42 Å². The predicted molar refractivity (Wildman–Crippen MR) is 62.5 cm³/mol. The van der Waals surface area contributed by atoms with E-state index < -0.39 is 5.97 Å². The molecule has 90 valence electrons. The zero-order valence-electron chi connectivity index (χ0n) is 9.56. The number of hydrogen-bond acceptors (Lipinski definition) is 2. The number of aromatic nitrogens is 1. The van der Waals surface area contributed by atoms with Gasteiger partial charge in [0, 0.05) is 17.8 Å². The van der Waals surface area contributed by atoms with E-state index in [0.717, 1.165) is 31.4 Å². The van der Waals surface area contributed by atoms with E-state index in [1.54, 1.807) is 6.07 Å². The summed E-state index contributed by atoms with van der Waals surface area (Å²) < 4.78 is 1.83. The van der Waals surface area contributed by atoms with Gasteiger partial charge < -0.3 is 9.67 Å². The SMILES string of the molecule is O=C(O)c1cc(C2CCC2)n(C2CC2)c(=O)c1. The van der Waals surface area contributed by atoms with Crippen molar-refractivity contribution >= 4 is 5.97 Å². The number of aromatic carboxylic acids is 1. The number of carboxylic acids is 1. The second-order valence-electron chi connectivity index (χ2n) is 5.04. The highest BCUT2D eigenvalue weighted by atomic mass is 16.4. The van der Waals surface area contributed by atoms with Crippen molar-refractivity contribution in [2.45, 2.75) is 44.1 Å². The zero-order valence-corrected chi connectivity index (χ0v) is 9.56. The Hall–Kier alpha value is -1.58. The molecule has 1 aromatic rings. The summed E-state index contributed by atoms with van der Waals surface area (Å²) in [5.74, 6) is -0.617. The molecule has 0 saturated heterocycles. The minimum atomic E-state index is -1.01. The van der Waals surface area contributed by atoms with Gasteiger partial charge in [-0.15, -0.1) is 0 Å². The van der Waals surface area contributed by atoms with E-state index in [2.05, 4.69) is 0 Å². The topological polar surface area (TPSA) is 59.3 Å². The highest BCUT2D eigenvalue weighted by Crippen LogP contribution is 2.41. The van der Waals surface area contributed by atoms with Crippen LogP contribution in [-0.4, -0.2) is 15.6 Å². The fourth-order valence-corrected chi connectivity index (χ4v) is 2.47. The smallest absolute Gasteiger partial charge is 0.335 e. The maximum atomic E-state index is 12.0. The Bertz CT molecular complexity index is 524. The molecule has 4 heteroatoms. The maximum absolute atomic E-state index is 12.0. The van der Waals surface area contributed by atoms with Gasteiger partial charge in [-0.25, -0.2) is 4.79 Å². The van der Waals surface area contributed by atoms with Gasteiger partial charge in [-0.05, 0) is 37.7 Å². The average molecular weight is 233 g/mol. The van der Waals surface area contributed by atoms with E-state index >= 15 is 0 Å². The van der Waals surface area contributed by atoms with Gasteiger partial charge >= 0.3 is 5.97 Å². The third kappa shape index (κ3) is 1.77. The summed E-state index contributed by atoms with van der Waals surface area (Å²) in [5.41, 5.74) is 0.937. The largest absolute Gasteiger partial charge is 0.478 e. The zero-order chi connectivity index (χ0) is 12.0.